The van der Waals surface area contributed by atoms with Crippen molar-refractivity contribution in [1.29, 1.82) is 5.26 Å². The molecule has 9 heteroatoms. The summed E-state index contributed by atoms with van der Waals surface area (Å²) in [6, 6.07) is 9.23. The number of piperazine rings is 1. The lowest BCUT2D eigenvalue weighted by molar-refractivity contribution is 0.142. The SMILES string of the molecule is N#Cc1ccc(COc2cc(Cl)cc(N3CCN(C(=O)O)CC3)n2)c(F)c1. The van der Waals surface area contributed by atoms with Gasteiger partial charge in [0.05, 0.1) is 11.6 Å². The highest BCUT2D eigenvalue weighted by Gasteiger charge is 2.22. The summed E-state index contributed by atoms with van der Waals surface area (Å²) in [5, 5.41) is 18.2. The van der Waals surface area contributed by atoms with Crippen molar-refractivity contribution < 1.29 is 19.0 Å². The Morgan fingerprint density at radius 1 is 1.30 bits per heavy atom. The van der Waals surface area contributed by atoms with Crippen LogP contribution in [0.3, 0.4) is 0 Å². The van der Waals surface area contributed by atoms with E-state index in [0.717, 1.165) is 6.07 Å². The van der Waals surface area contributed by atoms with Gasteiger partial charge in [0.1, 0.15) is 18.2 Å². The quantitative estimate of drug-likeness (QED) is 0.862. The zero-order chi connectivity index (χ0) is 19.4. The molecule has 1 aliphatic rings. The Morgan fingerprint density at radius 2 is 2.04 bits per heavy atom. The zero-order valence-electron chi connectivity index (χ0n) is 14.2. The summed E-state index contributed by atoms with van der Waals surface area (Å²) < 4.78 is 19.5. The van der Waals surface area contributed by atoms with Gasteiger partial charge in [0.2, 0.25) is 5.88 Å². The number of anilines is 1. The largest absolute Gasteiger partial charge is 0.473 e. The topological polar surface area (TPSA) is 89.7 Å². The van der Waals surface area contributed by atoms with E-state index in [1.54, 1.807) is 6.07 Å². The van der Waals surface area contributed by atoms with Crippen LogP contribution in [0.15, 0.2) is 30.3 Å². The van der Waals surface area contributed by atoms with Crippen LogP contribution in [0, 0.1) is 17.1 Å². The molecule has 2 aromatic rings. The van der Waals surface area contributed by atoms with Crippen molar-refractivity contribution in [2.45, 2.75) is 6.61 Å². The molecule has 0 atom stereocenters. The second-order valence-electron chi connectivity index (χ2n) is 5.95. The van der Waals surface area contributed by atoms with Gasteiger partial charge in [-0.1, -0.05) is 17.7 Å². The molecular weight excluding hydrogens is 375 g/mol. The van der Waals surface area contributed by atoms with Crippen molar-refractivity contribution >= 4 is 23.5 Å². The highest BCUT2D eigenvalue weighted by atomic mass is 35.5. The first-order valence-corrected chi connectivity index (χ1v) is 8.56. The fraction of sp³-hybridized carbons (Fsp3) is 0.278. The van der Waals surface area contributed by atoms with E-state index in [1.807, 2.05) is 11.0 Å². The molecule has 0 spiro atoms. The summed E-state index contributed by atoms with van der Waals surface area (Å²) in [5.41, 5.74) is 0.535. The molecule has 2 heterocycles. The number of nitriles is 1. The van der Waals surface area contributed by atoms with Gasteiger partial charge in [0.25, 0.3) is 0 Å². The van der Waals surface area contributed by atoms with E-state index in [1.165, 1.54) is 23.1 Å². The number of aromatic nitrogens is 1. The number of carboxylic acid groups (broad SMARTS) is 1. The molecule has 1 N–H and O–H groups in total. The van der Waals surface area contributed by atoms with E-state index in [9.17, 15) is 9.18 Å². The summed E-state index contributed by atoms with van der Waals surface area (Å²) in [7, 11) is 0. The average molecular weight is 391 g/mol. The predicted octanol–water partition coefficient (Wildman–Crippen LogP) is 3.12. The minimum absolute atomic E-state index is 0.0584. The van der Waals surface area contributed by atoms with Gasteiger partial charge in [-0.15, -0.1) is 0 Å². The molecule has 1 aromatic carbocycles. The van der Waals surface area contributed by atoms with E-state index in [4.69, 9.17) is 26.7 Å². The van der Waals surface area contributed by atoms with Crippen molar-refractivity contribution in [2.75, 3.05) is 31.1 Å². The van der Waals surface area contributed by atoms with E-state index in [-0.39, 0.29) is 18.1 Å². The smallest absolute Gasteiger partial charge is 0.407 e. The lowest BCUT2D eigenvalue weighted by atomic mass is 10.1. The second kappa shape index (κ2) is 8.10. The number of nitrogens with zero attached hydrogens (tertiary/aromatic N) is 4. The molecule has 27 heavy (non-hydrogen) atoms. The summed E-state index contributed by atoms with van der Waals surface area (Å²) in [4.78, 5) is 18.6. The third-order valence-corrected chi connectivity index (χ3v) is 4.40. The molecule has 1 amide bonds. The fourth-order valence-corrected chi connectivity index (χ4v) is 2.90. The van der Waals surface area contributed by atoms with E-state index >= 15 is 0 Å². The average Bonchev–Trinajstić information content (AvgIpc) is 2.66. The highest BCUT2D eigenvalue weighted by Crippen LogP contribution is 2.25. The summed E-state index contributed by atoms with van der Waals surface area (Å²) >= 11 is 6.14. The summed E-state index contributed by atoms with van der Waals surface area (Å²) in [6.45, 7) is 1.66. The Balaban J connectivity index is 1.69. The van der Waals surface area contributed by atoms with Gasteiger partial charge < -0.3 is 19.6 Å². The molecular formula is C18H16ClFN4O3. The van der Waals surface area contributed by atoms with Gasteiger partial charge in [-0.25, -0.2) is 9.18 Å². The van der Waals surface area contributed by atoms with Gasteiger partial charge in [-0.3, -0.25) is 0 Å². The molecule has 0 aliphatic carbocycles. The summed E-state index contributed by atoms with van der Waals surface area (Å²) in [5.74, 6) is 0.283. The molecule has 140 valence electrons. The standard InChI is InChI=1S/C18H16ClFN4O3/c19-14-8-16(23-3-5-24(6-4-23)18(25)26)22-17(9-14)27-11-13-2-1-12(10-21)7-15(13)20/h1-2,7-9H,3-6,11H2,(H,25,26). The number of halogens is 2. The number of rotatable bonds is 4. The van der Waals surface area contributed by atoms with Crippen molar-refractivity contribution in [3.05, 3.63) is 52.3 Å². The second-order valence-corrected chi connectivity index (χ2v) is 6.38. The van der Waals surface area contributed by atoms with E-state index in [2.05, 4.69) is 4.98 Å². The number of hydrogen-bond acceptors (Lipinski definition) is 5. The third-order valence-electron chi connectivity index (χ3n) is 4.18. The van der Waals surface area contributed by atoms with Crippen LogP contribution in [0.25, 0.3) is 0 Å². The molecule has 1 fully saturated rings. The van der Waals surface area contributed by atoms with Crippen molar-refractivity contribution in [2.24, 2.45) is 0 Å². The fourth-order valence-electron chi connectivity index (χ4n) is 2.71. The number of carbonyl (C=O) groups is 1. The van der Waals surface area contributed by atoms with Gasteiger partial charge in [0, 0.05) is 42.8 Å². The maximum Gasteiger partial charge on any atom is 0.407 e. The Kier molecular flexibility index (Phi) is 5.62. The molecule has 1 saturated heterocycles. The van der Waals surface area contributed by atoms with Crippen LogP contribution >= 0.6 is 11.6 Å². The van der Waals surface area contributed by atoms with Crippen LogP contribution in [0.4, 0.5) is 15.0 Å². The number of hydrogen-bond donors (Lipinski definition) is 1. The van der Waals surface area contributed by atoms with Crippen LogP contribution < -0.4 is 9.64 Å². The Labute approximate surface area is 160 Å². The van der Waals surface area contributed by atoms with Crippen LogP contribution in [-0.2, 0) is 6.61 Å². The molecule has 3 rings (SSSR count). The first kappa shape index (κ1) is 18.7. The monoisotopic (exact) mass is 390 g/mol. The molecule has 7 nitrogen and oxygen atoms in total. The van der Waals surface area contributed by atoms with Gasteiger partial charge in [-0.2, -0.15) is 10.2 Å². The normalized spacial score (nSPS) is 14.0. The Hall–Kier alpha value is -3.05. The number of pyridine rings is 1. The number of ether oxygens (including phenoxy) is 1. The minimum Gasteiger partial charge on any atom is -0.473 e. The number of amides is 1. The van der Waals surface area contributed by atoms with E-state index in [0.29, 0.717) is 42.6 Å². The van der Waals surface area contributed by atoms with Crippen LogP contribution in [0.2, 0.25) is 5.02 Å². The van der Waals surface area contributed by atoms with Gasteiger partial charge >= 0.3 is 6.09 Å². The molecule has 0 saturated carbocycles. The minimum atomic E-state index is -0.942. The zero-order valence-corrected chi connectivity index (χ0v) is 15.0. The van der Waals surface area contributed by atoms with Crippen molar-refractivity contribution in [1.82, 2.24) is 9.88 Å². The maximum atomic E-state index is 14.0. The van der Waals surface area contributed by atoms with Crippen molar-refractivity contribution in [3.63, 3.8) is 0 Å². The lowest BCUT2D eigenvalue weighted by Crippen LogP contribution is -2.48. The van der Waals surface area contributed by atoms with Crippen molar-refractivity contribution in [3.8, 4) is 11.9 Å². The van der Waals surface area contributed by atoms with Crippen LogP contribution in [0.5, 0.6) is 5.88 Å². The Morgan fingerprint density at radius 3 is 2.67 bits per heavy atom. The molecule has 0 unspecified atom stereocenters. The molecule has 0 radical (unpaired) electrons. The first-order valence-electron chi connectivity index (χ1n) is 8.18. The van der Waals surface area contributed by atoms with Crippen LogP contribution in [-0.4, -0.2) is 47.3 Å². The van der Waals surface area contributed by atoms with Gasteiger partial charge in [-0.05, 0) is 18.2 Å². The third kappa shape index (κ3) is 4.57. The Bertz CT molecular complexity index is 895. The predicted molar refractivity (Wildman–Crippen MR) is 96.5 cm³/mol. The van der Waals surface area contributed by atoms with E-state index < -0.39 is 11.9 Å². The highest BCUT2D eigenvalue weighted by molar-refractivity contribution is 6.30. The van der Waals surface area contributed by atoms with Gasteiger partial charge in [0.15, 0.2) is 0 Å². The number of benzene rings is 1. The van der Waals surface area contributed by atoms with Crippen LogP contribution in [0.1, 0.15) is 11.1 Å². The molecule has 0 bridgehead atoms. The molecule has 1 aliphatic heterocycles. The first-order chi connectivity index (χ1) is 13.0. The molecule has 1 aromatic heterocycles. The lowest BCUT2D eigenvalue weighted by Gasteiger charge is -2.34. The maximum absolute atomic E-state index is 14.0. The summed E-state index contributed by atoms with van der Waals surface area (Å²) in [6.07, 6.45) is -0.942.